The monoisotopic (exact) mass is 268 g/mol. The molecule has 7 nitrogen and oxygen atoms in total. The Balaban J connectivity index is 2.93. The third-order valence-electron chi connectivity index (χ3n) is 2.74. The maximum absolute atomic E-state index is 11.6. The van der Waals surface area contributed by atoms with Crippen molar-refractivity contribution in [3.8, 4) is 0 Å². The van der Waals surface area contributed by atoms with Crippen LogP contribution in [0.1, 0.15) is 42.4 Å². The standard InChI is InChI=1S/C12H20N4O3/c1-8(2)11-10(12(18)19-5)13-14-16(11)7-6-9(17)15(3)4/h8H,6-7H2,1-5H3. The van der Waals surface area contributed by atoms with Gasteiger partial charge in [-0.3, -0.25) is 4.79 Å². The van der Waals surface area contributed by atoms with E-state index < -0.39 is 5.97 Å². The fourth-order valence-corrected chi connectivity index (χ4v) is 1.72. The third kappa shape index (κ3) is 3.52. The molecule has 0 bridgehead atoms. The summed E-state index contributed by atoms with van der Waals surface area (Å²) in [5.41, 5.74) is 0.910. The molecule has 0 aromatic carbocycles. The third-order valence-corrected chi connectivity index (χ3v) is 2.74. The van der Waals surface area contributed by atoms with Crippen molar-refractivity contribution in [2.24, 2.45) is 0 Å². The van der Waals surface area contributed by atoms with E-state index in [-0.39, 0.29) is 17.5 Å². The van der Waals surface area contributed by atoms with Gasteiger partial charge in [-0.1, -0.05) is 19.1 Å². The van der Waals surface area contributed by atoms with Crippen LogP contribution in [0.3, 0.4) is 0 Å². The molecule has 0 fully saturated rings. The van der Waals surface area contributed by atoms with Crippen molar-refractivity contribution in [2.45, 2.75) is 32.7 Å². The first-order chi connectivity index (χ1) is 8.88. The molecular weight excluding hydrogens is 248 g/mol. The Morgan fingerprint density at radius 3 is 2.47 bits per heavy atom. The molecule has 7 heteroatoms. The summed E-state index contributed by atoms with van der Waals surface area (Å²) >= 11 is 0. The van der Waals surface area contributed by atoms with Crippen LogP contribution in [0.25, 0.3) is 0 Å². The van der Waals surface area contributed by atoms with Gasteiger partial charge >= 0.3 is 5.97 Å². The highest BCUT2D eigenvalue weighted by Gasteiger charge is 2.22. The predicted octanol–water partition coefficient (Wildman–Crippen LogP) is 0.666. The molecule has 1 aromatic heterocycles. The highest BCUT2D eigenvalue weighted by molar-refractivity contribution is 5.88. The lowest BCUT2D eigenvalue weighted by Gasteiger charge is -2.12. The lowest BCUT2D eigenvalue weighted by molar-refractivity contribution is -0.128. The van der Waals surface area contributed by atoms with Crippen LogP contribution in [0.4, 0.5) is 0 Å². The Kier molecular flexibility index (Phi) is 5.02. The second-order valence-corrected chi connectivity index (χ2v) is 4.73. The molecule has 0 N–H and O–H groups in total. The zero-order chi connectivity index (χ0) is 14.6. The minimum absolute atomic E-state index is 0.00447. The number of aryl methyl sites for hydroxylation is 1. The molecule has 1 heterocycles. The Labute approximate surface area is 112 Å². The van der Waals surface area contributed by atoms with E-state index in [1.54, 1.807) is 18.8 Å². The van der Waals surface area contributed by atoms with E-state index in [0.29, 0.717) is 18.7 Å². The summed E-state index contributed by atoms with van der Waals surface area (Å²) in [7, 11) is 4.71. The Morgan fingerprint density at radius 1 is 1.37 bits per heavy atom. The van der Waals surface area contributed by atoms with Crippen molar-refractivity contribution in [3.05, 3.63) is 11.4 Å². The number of esters is 1. The van der Waals surface area contributed by atoms with Gasteiger partial charge in [0.25, 0.3) is 0 Å². The van der Waals surface area contributed by atoms with Crippen LogP contribution >= 0.6 is 0 Å². The summed E-state index contributed by atoms with van der Waals surface area (Å²) in [6.45, 7) is 4.28. The SMILES string of the molecule is COC(=O)c1nnn(CCC(=O)N(C)C)c1C(C)C. The number of nitrogens with zero attached hydrogens (tertiary/aromatic N) is 4. The van der Waals surface area contributed by atoms with Crippen molar-refractivity contribution in [1.29, 1.82) is 0 Å². The number of carbonyl (C=O) groups excluding carboxylic acids is 2. The van der Waals surface area contributed by atoms with E-state index in [0.717, 1.165) is 0 Å². The van der Waals surface area contributed by atoms with Gasteiger partial charge in [-0.15, -0.1) is 5.10 Å². The summed E-state index contributed by atoms with van der Waals surface area (Å²) in [6.07, 6.45) is 0.316. The van der Waals surface area contributed by atoms with Crippen molar-refractivity contribution in [1.82, 2.24) is 19.9 Å². The van der Waals surface area contributed by atoms with Crippen LogP contribution in [-0.2, 0) is 16.1 Å². The first-order valence-corrected chi connectivity index (χ1v) is 6.10. The van der Waals surface area contributed by atoms with E-state index >= 15 is 0 Å². The van der Waals surface area contributed by atoms with Gasteiger partial charge in [0.05, 0.1) is 19.3 Å². The van der Waals surface area contributed by atoms with E-state index in [1.165, 1.54) is 12.0 Å². The molecule has 19 heavy (non-hydrogen) atoms. The van der Waals surface area contributed by atoms with E-state index in [1.807, 2.05) is 13.8 Å². The first-order valence-electron chi connectivity index (χ1n) is 6.10. The number of rotatable bonds is 5. The molecule has 0 spiro atoms. The van der Waals surface area contributed by atoms with Gasteiger partial charge in [-0.05, 0) is 5.92 Å². The minimum Gasteiger partial charge on any atom is -0.464 e. The molecule has 0 saturated carbocycles. The van der Waals surface area contributed by atoms with Crippen molar-refractivity contribution in [2.75, 3.05) is 21.2 Å². The summed E-state index contributed by atoms with van der Waals surface area (Å²) in [5.74, 6) is -0.433. The maximum atomic E-state index is 11.6. The molecule has 1 aromatic rings. The van der Waals surface area contributed by atoms with Crippen LogP contribution in [0.15, 0.2) is 0 Å². The highest BCUT2D eigenvalue weighted by atomic mass is 16.5. The van der Waals surface area contributed by atoms with Gasteiger partial charge in [-0.2, -0.15) is 0 Å². The largest absolute Gasteiger partial charge is 0.464 e. The zero-order valence-electron chi connectivity index (χ0n) is 12.0. The van der Waals surface area contributed by atoms with Crippen molar-refractivity contribution in [3.63, 3.8) is 0 Å². The predicted molar refractivity (Wildman–Crippen MR) is 68.8 cm³/mol. The summed E-state index contributed by atoms with van der Waals surface area (Å²) in [4.78, 5) is 24.7. The van der Waals surface area contributed by atoms with Gasteiger partial charge in [-0.25, -0.2) is 9.48 Å². The first kappa shape index (κ1) is 15.1. The van der Waals surface area contributed by atoms with Crippen LogP contribution in [0.5, 0.6) is 0 Å². The van der Waals surface area contributed by atoms with Gasteiger partial charge < -0.3 is 9.64 Å². The smallest absolute Gasteiger partial charge is 0.360 e. The molecule has 0 unspecified atom stereocenters. The van der Waals surface area contributed by atoms with E-state index in [9.17, 15) is 9.59 Å². The van der Waals surface area contributed by atoms with Crippen molar-refractivity contribution >= 4 is 11.9 Å². The normalized spacial score (nSPS) is 10.6. The highest BCUT2D eigenvalue weighted by Crippen LogP contribution is 2.18. The fraction of sp³-hybridized carbons (Fsp3) is 0.667. The van der Waals surface area contributed by atoms with Crippen LogP contribution in [-0.4, -0.2) is 53.0 Å². The lowest BCUT2D eigenvalue weighted by Crippen LogP contribution is -2.23. The van der Waals surface area contributed by atoms with Gasteiger partial charge in [0.2, 0.25) is 5.91 Å². The summed E-state index contributed by atoms with van der Waals surface area (Å²) < 4.78 is 6.27. The summed E-state index contributed by atoms with van der Waals surface area (Å²) in [5, 5.41) is 7.78. The number of hydrogen-bond donors (Lipinski definition) is 0. The average Bonchev–Trinajstić information content (AvgIpc) is 2.78. The quantitative estimate of drug-likeness (QED) is 0.733. The molecule has 1 amide bonds. The van der Waals surface area contributed by atoms with Crippen molar-refractivity contribution < 1.29 is 14.3 Å². The number of hydrogen-bond acceptors (Lipinski definition) is 5. The lowest BCUT2D eigenvalue weighted by atomic mass is 10.1. The second kappa shape index (κ2) is 6.31. The number of ether oxygens (including phenoxy) is 1. The maximum Gasteiger partial charge on any atom is 0.360 e. The molecular formula is C12H20N4O3. The molecule has 0 radical (unpaired) electrons. The average molecular weight is 268 g/mol. The molecule has 0 saturated heterocycles. The van der Waals surface area contributed by atoms with Gasteiger partial charge in [0, 0.05) is 20.5 Å². The van der Waals surface area contributed by atoms with Crippen LogP contribution < -0.4 is 0 Å². The van der Waals surface area contributed by atoms with E-state index in [4.69, 9.17) is 0 Å². The molecule has 1 rings (SSSR count). The van der Waals surface area contributed by atoms with Crippen LogP contribution in [0.2, 0.25) is 0 Å². The Hall–Kier alpha value is -1.92. The Morgan fingerprint density at radius 2 is 2.00 bits per heavy atom. The number of carbonyl (C=O) groups is 2. The Bertz CT molecular complexity index is 466. The molecule has 106 valence electrons. The number of amides is 1. The minimum atomic E-state index is -0.506. The fourth-order valence-electron chi connectivity index (χ4n) is 1.72. The molecule has 0 aliphatic carbocycles. The summed E-state index contributed by atoms with van der Waals surface area (Å²) in [6, 6.07) is 0. The number of methoxy groups -OCH3 is 1. The number of aromatic nitrogens is 3. The molecule has 0 aliphatic rings. The van der Waals surface area contributed by atoms with Gasteiger partial charge in [0.15, 0.2) is 5.69 Å². The van der Waals surface area contributed by atoms with Gasteiger partial charge in [0.1, 0.15) is 0 Å². The topological polar surface area (TPSA) is 77.3 Å². The molecule has 0 aliphatic heterocycles. The zero-order valence-corrected chi connectivity index (χ0v) is 12.0. The van der Waals surface area contributed by atoms with E-state index in [2.05, 4.69) is 15.0 Å². The van der Waals surface area contributed by atoms with Crippen LogP contribution in [0, 0.1) is 0 Å². The second-order valence-electron chi connectivity index (χ2n) is 4.73. The molecule has 0 atom stereocenters.